The highest BCUT2D eigenvalue weighted by molar-refractivity contribution is 7.99. The van der Waals surface area contributed by atoms with Gasteiger partial charge < -0.3 is 10.1 Å². The average Bonchev–Trinajstić information content (AvgIpc) is 2.67. The van der Waals surface area contributed by atoms with Crippen LogP contribution in [0, 0.1) is 0 Å². The summed E-state index contributed by atoms with van der Waals surface area (Å²) in [6.45, 7) is 6.14. The van der Waals surface area contributed by atoms with Crippen molar-refractivity contribution in [3.8, 4) is 0 Å². The summed E-state index contributed by atoms with van der Waals surface area (Å²) in [7, 11) is 0. The van der Waals surface area contributed by atoms with Crippen LogP contribution in [0.2, 0.25) is 0 Å². The molecule has 2 rings (SSSR count). The Kier molecular flexibility index (Phi) is 3.80. The molecule has 1 amide bonds. The van der Waals surface area contributed by atoms with Gasteiger partial charge in [-0.3, -0.25) is 4.98 Å². The highest BCUT2D eigenvalue weighted by atomic mass is 32.2. The van der Waals surface area contributed by atoms with Crippen molar-refractivity contribution in [1.82, 2.24) is 10.3 Å². The van der Waals surface area contributed by atoms with Crippen LogP contribution in [0.1, 0.15) is 32.4 Å². The third-order valence-corrected chi connectivity index (χ3v) is 3.74. The SMILES string of the molecule is CC(C)(C)OC(=O)NCC1CSc2cccnc21. The van der Waals surface area contributed by atoms with E-state index in [9.17, 15) is 4.79 Å². The number of hydrogen-bond donors (Lipinski definition) is 1. The molecule has 1 N–H and O–H groups in total. The maximum Gasteiger partial charge on any atom is 0.407 e. The summed E-state index contributed by atoms with van der Waals surface area (Å²) in [6, 6.07) is 4.01. The second-order valence-electron chi connectivity index (χ2n) is 5.28. The van der Waals surface area contributed by atoms with Crippen LogP contribution in [0.5, 0.6) is 0 Å². The second-order valence-corrected chi connectivity index (χ2v) is 6.34. The normalized spacial score (nSPS) is 18.3. The molecule has 4 nitrogen and oxygen atoms in total. The molecule has 1 unspecified atom stereocenters. The Morgan fingerprint density at radius 1 is 1.61 bits per heavy atom. The van der Waals surface area contributed by atoms with Gasteiger partial charge in [0.2, 0.25) is 0 Å². The average molecular weight is 266 g/mol. The van der Waals surface area contributed by atoms with Crippen LogP contribution < -0.4 is 5.32 Å². The number of carbonyl (C=O) groups is 1. The summed E-state index contributed by atoms with van der Waals surface area (Å²) in [5.74, 6) is 1.24. The number of amides is 1. The molecule has 1 aromatic rings. The molecule has 1 aliphatic heterocycles. The fourth-order valence-electron chi connectivity index (χ4n) is 1.78. The lowest BCUT2D eigenvalue weighted by Gasteiger charge is -2.20. The Bertz CT molecular complexity index is 443. The van der Waals surface area contributed by atoms with E-state index in [2.05, 4.69) is 16.4 Å². The summed E-state index contributed by atoms with van der Waals surface area (Å²) in [5.41, 5.74) is 0.628. The molecule has 98 valence electrons. The molecular formula is C13H18N2O2S. The largest absolute Gasteiger partial charge is 0.444 e. The summed E-state index contributed by atoms with van der Waals surface area (Å²) in [4.78, 5) is 17.2. The van der Waals surface area contributed by atoms with Crippen molar-refractivity contribution in [3.05, 3.63) is 24.0 Å². The fourth-order valence-corrected chi connectivity index (χ4v) is 2.98. The van der Waals surface area contributed by atoms with Crippen LogP contribution in [0.25, 0.3) is 0 Å². The van der Waals surface area contributed by atoms with Gasteiger partial charge >= 0.3 is 6.09 Å². The predicted molar refractivity (Wildman–Crippen MR) is 71.9 cm³/mol. The van der Waals surface area contributed by atoms with E-state index in [0.717, 1.165) is 11.4 Å². The van der Waals surface area contributed by atoms with Crippen molar-refractivity contribution in [2.45, 2.75) is 37.2 Å². The number of fused-ring (bicyclic) bond motifs is 1. The molecule has 1 aliphatic rings. The minimum atomic E-state index is -0.454. The lowest BCUT2D eigenvalue weighted by molar-refractivity contribution is 0.0525. The van der Waals surface area contributed by atoms with Crippen LogP contribution in [0.3, 0.4) is 0 Å². The van der Waals surface area contributed by atoms with Crippen molar-refractivity contribution in [3.63, 3.8) is 0 Å². The number of hydrogen-bond acceptors (Lipinski definition) is 4. The van der Waals surface area contributed by atoms with Crippen LogP contribution in [0.15, 0.2) is 23.2 Å². The molecule has 0 aliphatic carbocycles. The predicted octanol–water partition coefficient (Wildman–Crippen LogP) is 2.80. The first-order valence-electron chi connectivity index (χ1n) is 6.00. The van der Waals surface area contributed by atoms with Crippen molar-refractivity contribution >= 4 is 17.9 Å². The Morgan fingerprint density at radius 2 is 2.39 bits per heavy atom. The van der Waals surface area contributed by atoms with Gasteiger partial charge in [-0.15, -0.1) is 11.8 Å². The highest BCUT2D eigenvalue weighted by Crippen LogP contribution is 2.37. The molecule has 0 bridgehead atoms. The van der Waals surface area contributed by atoms with Crippen molar-refractivity contribution in [1.29, 1.82) is 0 Å². The molecule has 0 radical (unpaired) electrons. The number of rotatable bonds is 2. The summed E-state index contributed by atoms with van der Waals surface area (Å²) < 4.78 is 5.21. The lowest BCUT2D eigenvalue weighted by atomic mass is 10.1. The van der Waals surface area contributed by atoms with E-state index in [-0.39, 0.29) is 12.0 Å². The van der Waals surface area contributed by atoms with Gasteiger partial charge in [0.1, 0.15) is 5.60 Å². The smallest absolute Gasteiger partial charge is 0.407 e. The zero-order valence-electron chi connectivity index (χ0n) is 10.9. The summed E-state index contributed by atoms with van der Waals surface area (Å²) >= 11 is 1.79. The Balaban J connectivity index is 1.87. The number of pyridine rings is 1. The van der Waals surface area contributed by atoms with E-state index in [0.29, 0.717) is 6.54 Å². The van der Waals surface area contributed by atoms with E-state index in [4.69, 9.17) is 4.74 Å². The molecule has 1 aromatic heterocycles. The first-order valence-corrected chi connectivity index (χ1v) is 6.99. The van der Waals surface area contributed by atoms with E-state index in [1.54, 1.807) is 18.0 Å². The first kappa shape index (κ1) is 13.2. The number of carbonyl (C=O) groups excluding carboxylic acids is 1. The molecule has 1 atom stereocenters. The zero-order valence-corrected chi connectivity index (χ0v) is 11.7. The van der Waals surface area contributed by atoms with Gasteiger partial charge in [0.15, 0.2) is 0 Å². The van der Waals surface area contributed by atoms with Crippen LogP contribution in [0.4, 0.5) is 4.79 Å². The molecule has 0 saturated carbocycles. The second kappa shape index (κ2) is 5.18. The molecular weight excluding hydrogens is 248 g/mol. The molecule has 18 heavy (non-hydrogen) atoms. The molecule has 0 fully saturated rings. The van der Waals surface area contributed by atoms with Gasteiger partial charge in [-0.2, -0.15) is 0 Å². The Labute approximate surface area is 112 Å². The Hall–Kier alpha value is -1.23. The van der Waals surface area contributed by atoms with E-state index < -0.39 is 5.60 Å². The van der Waals surface area contributed by atoms with Crippen molar-refractivity contribution in [2.75, 3.05) is 12.3 Å². The van der Waals surface area contributed by atoms with Gasteiger partial charge in [-0.1, -0.05) is 0 Å². The number of nitrogens with one attached hydrogen (secondary N) is 1. The van der Waals surface area contributed by atoms with Crippen LogP contribution in [-0.4, -0.2) is 29.0 Å². The Morgan fingerprint density at radius 3 is 3.11 bits per heavy atom. The van der Waals surface area contributed by atoms with Gasteiger partial charge in [0.05, 0.1) is 5.69 Å². The minimum Gasteiger partial charge on any atom is -0.444 e. The molecule has 0 aromatic carbocycles. The van der Waals surface area contributed by atoms with E-state index in [1.165, 1.54) is 4.90 Å². The summed E-state index contributed by atoms with van der Waals surface area (Å²) in [5, 5.41) is 2.81. The third-order valence-electron chi connectivity index (χ3n) is 2.52. The van der Waals surface area contributed by atoms with Gasteiger partial charge in [-0.25, -0.2) is 4.79 Å². The lowest BCUT2D eigenvalue weighted by Crippen LogP contribution is -2.35. The zero-order chi connectivity index (χ0) is 13.2. The van der Waals surface area contributed by atoms with Crippen LogP contribution in [-0.2, 0) is 4.74 Å². The first-order chi connectivity index (χ1) is 8.46. The monoisotopic (exact) mass is 266 g/mol. The standard InChI is InChI=1S/C13H18N2O2S/c1-13(2,3)17-12(16)15-7-9-8-18-10-5-4-6-14-11(9)10/h4-6,9H,7-8H2,1-3H3,(H,15,16). The van der Waals surface area contributed by atoms with E-state index in [1.807, 2.05) is 26.8 Å². The number of thioether (sulfide) groups is 1. The van der Waals surface area contributed by atoms with Gasteiger partial charge in [0, 0.05) is 29.3 Å². The maximum absolute atomic E-state index is 11.6. The quantitative estimate of drug-likeness (QED) is 0.894. The topological polar surface area (TPSA) is 51.2 Å². The van der Waals surface area contributed by atoms with Gasteiger partial charge in [0.25, 0.3) is 0 Å². The minimum absolute atomic E-state index is 0.277. The molecule has 5 heteroatoms. The van der Waals surface area contributed by atoms with Crippen molar-refractivity contribution in [2.24, 2.45) is 0 Å². The number of nitrogens with zero attached hydrogens (tertiary/aromatic N) is 1. The molecule has 0 spiro atoms. The highest BCUT2D eigenvalue weighted by Gasteiger charge is 2.25. The van der Waals surface area contributed by atoms with E-state index >= 15 is 0 Å². The number of ether oxygens (including phenoxy) is 1. The maximum atomic E-state index is 11.6. The third kappa shape index (κ3) is 3.38. The summed E-state index contributed by atoms with van der Waals surface area (Å²) in [6.07, 6.45) is 1.43. The molecule has 0 saturated heterocycles. The van der Waals surface area contributed by atoms with Crippen molar-refractivity contribution < 1.29 is 9.53 Å². The van der Waals surface area contributed by atoms with Gasteiger partial charge in [-0.05, 0) is 32.9 Å². The number of aromatic nitrogens is 1. The molecule has 2 heterocycles. The van der Waals surface area contributed by atoms with Crippen LogP contribution >= 0.6 is 11.8 Å². The number of alkyl carbamates (subject to hydrolysis) is 1. The fraction of sp³-hybridized carbons (Fsp3) is 0.538.